The van der Waals surface area contributed by atoms with Gasteiger partial charge in [-0.25, -0.2) is 9.18 Å². The summed E-state index contributed by atoms with van der Waals surface area (Å²) in [6.45, 7) is 4.68. The van der Waals surface area contributed by atoms with Crippen molar-refractivity contribution in [2.24, 2.45) is 17.6 Å². The van der Waals surface area contributed by atoms with Crippen molar-refractivity contribution in [3.05, 3.63) is 35.6 Å². The molecule has 6 nitrogen and oxygen atoms in total. The van der Waals surface area contributed by atoms with Crippen LogP contribution in [0.4, 0.5) is 9.18 Å². The number of primary amides is 1. The van der Waals surface area contributed by atoms with Crippen molar-refractivity contribution in [1.29, 1.82) is 0 Å². The molecular weight excluding hydrogens is 371 g/mol. The number of likely N-dealkylation sites (tertiary alicyclic amines) is 2. The molecule has 0 aromatic heterocycles. The SMILES string of the molecule is CN(CC1CCN(CCc2ccccc2F)CC1)C(=O)C1CCCN(C(N)=O)C1. The Morgan fingerprint density at radius 2 is 1.90 bits per heavy atom. The standard InChI is InChI=1S/C22H33FN4O2/c1-25(21(28)19-6-4-11-27(16-19)22(24)29)15-17-8-12-26(13-9-17)14-10-18-5-2-3-7-20(18)23/h2-3,5,7,17,19H,4,6,8-16H2,1H3,(H2,24,29). The Kier molecular flexibility index (Phi) is 7.47. The molecule has 160 valence electrons. The minimum absolute atomic E-state index is 0.123. The van der Waals surface area contributed by atoms with Crippen molar-refractivity contribution in [3.8, 4) is 0 Å². The third-order valence-corrected chi connectivity index (χ3v) is 6.35. The van der Waals surface area contributed by atoms with Gasteiger partial charge in [0.25, 0.3) is 0 Å². The van der Waals surface area contributed by atoms with E-state index in [4.69, 9.17) is 5.73 Å². The Morgan fingerprint density at radius 1 is 1.17 bits per heavy atom. The van der Waals surface area contributed by atoms with Crippen molar-refractivity contribution < 1.29 is 14.0 Å². The number of amides is 3. The van der Waals surface area contributed by atoms with E-state index >= 15 is 0 Å². The molecule has 2 aliphatic rings. The molecule has 2 N–H and O–H groups in total. The van der Waals surface area contributed by atoms with Gasteiger partial charge in [0, 0.05) is 33.2 Å². The molecular formula is C22H33FN4O2. The van der Waals surface area contributed by atoms with Crippen LogP contribution in [0.15, 0.2) is 24.3 Å². The van der Waals surface area contributed by atoms with Gasteiger partial charge in [0.05, 0.1) is 5.92 Å². The molecule has 0 aliphatic carbocycles. The van der Waals surface area contributed by atoms with Gasteiger partial charge in [-0.15, -0.1) is 0 Å². The highest BCUT2D eigenvalue weighted by Crippen LogP contribution is 2.22. The summed E-state index contributed by atoms with van der Waals surface area (Å²) in [5.74, 6) is 0.352. The topological polar surface area (TPSA) is 69.9 Å². The Morgan fingerprint density at radius 3 is 2.59 bits per heavy atom. The second kappa shape index (κ2) is 10.1. The van der Waals surface area contributed by atoms with Crippen LogP contribution in [0.1, 0.15) is 31.2 Å². The molecule has 29 heavy (non-hydrogen) atoms. The smallest absolute Gasteiger partial charge is 0.314 e. The van der Waals surface area contributed by atoms with Crippen LogP contribution >= 0.6 is 0 Å². The summed E-state index contributed by atoms with van der Waals surface area (Å²) in [5.41, 5.74) is 6.15. The van der Waals surface area contributed by atoms with E-state index in [-0.39, 0.29) is 17.6 Å². The molecule has 1 aromatic carbocycles. The minimum Gasteiger partial charge on any atom is -0.351 e. The summed E-state index contributed by atoms with van der Waals surface area (Å²) < 4.78 is 13.8. The zero-order valence-corrected chi connectivity index (χ0v) is 17.4. The fourth-order valence-electron chi connectivity index (χ4n) is 4.54. The van der Waals surface area contributed by atoms with Gasteiger partial charge in [0.15, 0.2) is 0 Å². The molecule has 2 aliphatic heterocycles. The van der Waals surface area contributed by atoms with E-state index in [1.54, 1.807) is 11.0 Å². The number of nitrogens with two attached hydrogens (primary N) is 1. The van der Waals surface area contributed by atoms with E-state index in [0.717, 1.165) is 63.8 Å². The van der Waals surface area contributed by atoms with Crippen LogP contribution in [0.25, 0.3) is 0 Å². The Balaban J connectivity index is 1.40. The average Bonchev–Trinajstić information content (AvgIpc) is 2.73. The van der Waals surface area contributed by atoms with E-state index in [1.807, 2.05) is 24.1 Å². The summed E-state index contributed by atoms with van der Waals surface area (Å²) in [7, 11) is 1.87. The molecule has 1 aromatic rings. The van der Waals surface area contributed by atoms with Crippen molar-refractivity contribution in [2.75, 3.05) is 46.3 Å². The molecule has 0 radical (unpaired) electrons. The van der Waals surface area contributed by atoms with Crippen LogP contribution in [0.5, 0.6) is 0 Å². The fraction of sp³-hybridized carbons (Fsp3) is 0.636. The Bertz CT molecular complexity index is 706. The zero-order chi connectivity index (χ0) is 20.8. The Hall–Kier alpha value is -2.15. The number of hydrogen-bond donors (Lipinski definition) is 1. The van der Waals surface area contributed by atoms with Crippen molar-refractivity contribution >= 4 is 11.9 Å². The van der Waals surface area contributed by atoms with E-state index < -0.39 is 6.03 Å². The molecule has 1 unspecified atom stereocenters. The molecule has 3 rings (SSSR count). The van der Waals surface area contributed by atoms with Gasteiger partial charge in [0.2, 0.25) is 5.91 Å². The molecule has 0 saturated carbocycles. The first kappa shape index (κ1) is 21.6. The van der Waals surface area contributed by atoms with Gasteiger partial charge >= 0.3 is 6.03 Å². The summed E-state index contributed by atoms with van der Waals surface area (Å²) in [6, 6.07) is 6.54. The number of halogens is 1. The molecule has 0 bridgehead atoms. The summed E-state index contributed by atoms with van der Waals surface area (Å²) in [4.78, 5) is 30.0. The number of urea groups is 1. The number of benzene rings is 1. The second-order valence-corrected chi connectivity index (χ2v) is 8.47. The molecule has 2 heterocycles. The predicted octanol–water partition coefficient (Wildman–Crippen LogP) is 2.33. The second-order valence-electron chi connectivity index (χ2n) is 8.47. The molecule has 2 saturated heterocycles. The third-order valence-electron chi connectivity index (χ3n) is 6.35. The quantitative estimate of drug-likeness (QED) is 0.791. The maximum atomic E-state index is 13.8. The first-order valence-corrected chi connectivity index (χ1v) is 10.7. The van der Waals surface area contributed by atoms with E-state index in [2.05, 4.69) is 4.90 Å². The molecule has 0 spiro atoms. The van der Waals surface area contributed by atoms with Crippen LogP contribution < -0.4 is 5.73 Å². The van der Waals surface area contributed by atoms with Gasteiger partial charge in [-0.3, -0.25) is 4.79 Å². The lowest BCUT2D eigenvalue weighted by molar-refractivity contribution is -0.136. The highest BCUT2D eigenvalue weighted by Gasteiger charge is 2.30. The third kappa shape index (κ3) is 5.92. The minimum atomic E-state index is -0.437. The summed E-state index contributed by atoms with van der Waals surface area (Å²) >= 11 is 0. The largest absolute Gasteiger partial charge is 0.351 e. The van der Waals surface area contributed by atoms with E-state index in [1.165, 1.54) is 6.07 Å². The van der Waals surface area contributed by atoms with Gasteiger partial charge in [-0.2, -0.15) is 0 Å². The number of carbonyl (C=O) groups excluding carboxylic acids is 2. The van der Waals surface area contributed by atoms with Crippen LogP contribution in [0.3, 0.4) is 0 Å². The van der Waals surface area contributed by atoms with Crippen molar-refractivity contribution in [2.45, 2.75) is 32.1 Å². The number of piperidine rings is 2. The van der Waals surface area contributed by atoms with Crippen LogP contribution in [-0.2, 0) is 11.2 Å². The van der Waals surface area contributed by atoms with Gasteiger partial charge in [0.1, 0.15) is 5.82 Å². The van der Waals surface area contributed by atoms with Gasteiger partial charge < -0.3 is 20.4 Å². The molecule has 3 amide bonds. The average molecular weight is 405 g/mol. The zero-order valence-electron chi connectivity index (χ0n) is 17.4. The van der Waals surface area contributed by atoms with Crippen molar-refractivity contribution in [1.82, 2.24) is 14.7 Å². The molecule has 1 atom stereocenters. The number of nitrogens with zero attached hydrogens (tertiary/aromatic N) is 3. The molecule has 7 heteroatoms. The van der Waals surface area contributed by atoms with E-state index in [0.29, 0.717) is 19.0 Å². The maximum Gasteiger partial charge on any atom is 0.314 e. The lowest BCUT2D eigenvalue weighted by Crippen LogP contribution is -2.48. The summed E-state index contributed by atoms with van der Waals surface area (Å²) in [6.07, 6.45) is 4.47. The maximum absolute atomic E-state index is 13.8. The monoisotopic (exact) mass is 404 g/mol. The first-order chi connectivity index (χ1) is 13.9. The van der Waals surface area contributed by atoms with Crippen molar-refractivity contribution in [3.63, 3.8) is 0 Å². The highest BCUT2D eigenvalue weighted by molar-refractivity contribution is 5.80. The lowest BCUT2D eigenvalue weighted by Gasteiger charge is -2.36. The number of rotatable bonds is 6. The highest BCUT2D eigenvalue weighted by atomic mass is 19.1. The normalized spacial score (nSPS) is 21.2. The van der Waals surface area contributed by atoms with Crippen LogP contribution in [0.2, 0.25) is 0 Å². The van der Waals surface area contributed by atoms with Crippen LogP contribution in [-0.4, -0.2) is 73.0 Å². The predicted molar refractivity (Wildman–Crippen MR) is 111 cm³/mol. The van der Waals surface area contributed by atoms with E-state index in [9.17, 15) is 14.0 Å². The van der Waals surface area contributed by atoms with Gasteiger partial charge in [-0.1, -0.05) is 18.2 Å². The number of carbonyl (C=O) groups is 2. The Labute approximate surface area is 172 Å². The molecule has 2 fully saturated rings. The van der Waals surface area contributed by atoms with Gasteiger partial charge in [-0.05, 0) is 62.7 Å². The number of hydrogen-bond acceptors (Lipinski definition) is 3. The van der Waals surface area contributed by atoms with Crippen LogP contribution in [0, 0.1) is 17.7 Å². The fourth-order valence-corrected chi connectivity index (χ4v) is 4.54. The lowest BCUT2D eigenvalue weighted by atomic mass is 9.93. The summed E-state index contributed by atoms with van der Waals surface area (Å²) in [5, 5.41) is 0. The first-order valence-electron chi connectivity index (χ1n) is 10.7.